The number of hydrogen-bond donors (Lipinski definition) is 2. The minimum Gasteiger partial charge on any atom is -0.356 e. The highest BCUT2D eigenvalue weighted by atomic mass is 32.1. The summed E-state index contributed by atoms with van der Waals surface area (Å²) in [7, 11) is 0. The standard InChI is InChI=1S/C11H12N2OS/c1-2-7-13-10(14)8-5-3-4-6-9(8)12-11(13)15/h2-6,11-12,15H,1,7H2. The minimum absolute atomic E-state index is 0.00995. The third-order valence-corrected chi connectivity index (χ3v) is 2.73. The van der Waals surface area contributed by atoms with E-state index in [2.05, 4.69) is 24.5 Å². The summed E-state index contributed by atoms with van der Waals surface area (Å²) in [5, 5.41) is 3.15. The fourth-order valence-corrected chi connectivity index (χ4v) is 1.94. The van der Waals surface area contributed by atoms with Gasteiger partial charge in [0.15, 0.2) is 0 Å². The molecule has 0 aliphatic carbocycles. The number of carbonyl (C=O) groups is 1. The molecule has 0 spiro atoms. The Labute approximate surface area is 94.2 Å². The summed E-state index contributed by atoms with van der Waals surface area (Å²) in [6.07, 6.45) is 1.69. The van der Waals surface area contributed by atoms with Gasteiger partial charge in [0.25, 0.3) is 5.91 Å². The summed E-state index contributed by atoms with van der Waals surface area (Å²) in [6, 6.07) is 7.42. The van der Waals surface area contributed by atoms with Crippen LogP contribution in [0.15, 0.2) is 36.9 Å². The molecular formula is C11H12N2OS. The lowest BCUT2D eigenvalue weighted by Gasteiger charge is -2.34. The molecule has 78 valence electrons. The average molecular weight is 220 g/mol. The van der Waals surface area contributed by atoms with Crippen molar-refractivity contribution in [2.24, 2.45) is 0 Å². The summed E-state index contributed by atoms with van der Waals surface area (Å²) < 4.78 is 0. The Balaban J connectivity index is 2.38. The number of thiol groups is 1. The van der Waals surface area contributed by atoms with E-state index in [9.17, 15) is 4.79 Å². The average Bonchev–Trinajstić information content (AvgIpc) is 2.24. The Bertz CT molecular complexity index is 405. The van der Waals surface area contributed by atoms with Gasteiger partial charge in [-0.05, 0) is 12.1 Å². The first kappa shape index (κ1) is 10.1. The van der Waals surface area contributed by atoms with Gasteiger partial charge in [-0.15, -0.1) is 19.2 Å². The van der Waals surface area contributed by atoms with Crippen molar-refractivity contribution in [1.82, 2.24) is 4.90 Å². The van der Waals surface area contributed by atoms with Gasteiger partial charge >= 0.3 is 0 Å². The molecule has 0 bridgehead atoms. The molecule has 0 saturated heterocycles. The van der Waals surface area contributed by atoms with E-state index < -0.39 is 0 Å². The van der Waals surface area contributed by atoms with Crippen molar-refractivity contribution in [2.75, 3.05) is 11.9 Å². The highest BCUT2D eigenvalue weighted by Gasteiger charge is 2.28. The molecule has 1 aliphatic rings. The maximum atomic E-state index is 12.0. The number of anilines is 1. The first-order chi connectivity index (χ1) is 7.24. The number of amides is 1. The first-order valence-corrected chi connectivity index (χ1v) is 5.21. The molecule has 4 heteroatoms. The quantitative estimate of drug-likeness (QED) is 0.590. The Morgan fingerprint density at radius 1 is 1.53 bits per heavy atom. The molecule has 1 N–H and O–H groups in total. The van der Waals surface area contributed by atoms with Crippen LogP contribution in [0.3, 0.4) is 0 Å². The lowest BCUT2D eigenvalue weighted by atomic mass is 10.1. The summed E-state index contributed by atoms with van der Waals surface area (Å²) in [6.45, 7) is 4.12. The second kappa shape index (κ2) is 3.98. The molecule has 2 rings (SSSR count). The molecular weight excluding hydrogens is 208 g/mol. The molecule has 0 aromatic heterocycles. The smallest absolute Gasteiger partial charge is 0.258 e. The van der Waals surface area contributed by atoms with E-state index >= 15 is 0 Å². The second-order valence-electron chi connectivity index (χ2n) is 3.31. The number of nitrogens with one attached hydrogen (secondary N) is 1. The van der Waals surface area contributed by atoms with Crippen LogP contribution in [0.1, 0.15) is 10.4 Å². The van der Waals surface area contributed by atoms with E-state index in [0.717, 1.165) is 5.69 Å². The maximum absolute atomic E-state index is 12.0. The van der Waals surface area contributed by atoms with E-state index in [1.807, 2.05) is 18.2 Å². The number of benzene rings is 1. The van der Waals surface area contributed by atoms with E-state index in [0.29, 0.717) is 12.1 Å². The van der Waals surface area contributed by atoms with Gasteiger partial charge in [-0.25, -0.2) is 0 Å². The molecule has 0 fully saturated rings. The summed E-state index contributed by atoms with van der Waals surface area (Å²) in [5.41, 5.74) is 1.23. The molecule has 1 aromatic rings. The molecule has 1 amide bonds. The van der Waals surface area contributed by atoms with Crippen molar-refractivity contribution in [1.29, 1.82) is 0 Å². The molecule has 15 heavy (non-hydrogen) atoms. The Kier molecular flexibility index (Phi) is 2.68. The van der Waals surface area contributed by atoms with Gasteiger partial charge in [-0.1, -0.05) is 18.2 Å². The molecule has 1 aliphatic heterocycles. The molecule has 1 atom stereocenters. The lowest BCUT2D eigenvalue weighted by molar-refractivity contribution is 0.0760. The number of hydrogen-bond acceptors (Lipinski definition) is 3. The zero-order valence-corrected chi connectivity index (χ0v) is 9.08. The van der Waals surface area contributed by atoms with Crippen molar-refractivity contribution in [2.45, 2.75) is 5.50 Å². The zero-order valence-electron chi connectivity index (χ0n) is 8.18. The molecule has 1 heterocycles. The van der Waals surface area contributed by atoms with Gasteiger partial charge in [0, 0.05) is 12.2 Å². The van der Waals surface area contributed by atoms with Crippen LogP contribution in [0.25, 0.3) is 0 Å². The van der Waals surface area contributed by atoms with Crippen molar-refractivity contribution in [3.8, 4) is 0 Å². The van der Waals surface area contributed by atoms with Crippen molar-refractivity contribution in [3.63, 3.8) is 0 Å². The van der Waals surface area contributed by atoms with E-state index in [4.69, 9.17) is 0 Å². The van der Waals surface area contributed by atoms with Crippen molar-refractivity contribution < 1.29 is 4.79 Å². The predicted molar refractivity (Wildman–Crippen MR) is 64.1 cm³/mol. The topological polar surface area (TPSA) is 32.3 Å². The van der Waals surface area contributed by atoms with Gasteiger partial charge in [0.2, 0.25) is 0 Å². The number of fused-ring (bicyclic) bond motifs is 1. The highest BCUT2D eigenvalue weighted by Crippen LogP contribution is 2.25. The number of rotatable bonds is 2. The van der Waals surface area contributed by atoms with Crippen LogP contribution in [-0.2, 0) is 0 Å². The van der Waals surface area contributed by atoms with Crippen LogP contribution in [-0.4, -0.2) is 22.8 Å². The second-order valence-corrected chi connectivity index (χ2v) is 3.80. The highest BCUT2D eigenvalue weighted by molar-refractivity contribution is 7.81. The zero-order chi connectivity index (χ0) is 10.8. The Hall–Kier alpha value is -1.42. The van der Waals surface area contributed by atoms with E-state index in [-0.39, 0.29) is 11.4 Å². The minimum atomic E-state index is -0.287. The first-order valence-electron chi connectivity index (χ1n) is 4.69. The third kappa shape index (κ3) is 1.72. The summed E-state index contributed by atoms with van der Waals surface area (Å²) >= 11 is 4.32. The van der Waals surface area contributed by atoms with Crippen LogP contribution in [0.5, 0.6) is 0 Å². The third-order valence-electron chi connectivity index (χ3n) is 2.32. The van der Waals surface area contributed by atoms with Crippen LogP contribution >= 0.6 is 12.6 Å². The Morgan fingerprint density at radius 3 is 3.00 bits per heavy atom. The molecule has 1 aromatic carbocycles. The summed E-state index contributed by atoms with van der Waals surface area (Å²) in [5.74, 6) is -0.00995. The molecule has 0 saturated carbocycles. The number of para-hydroxylation sites is 1. The van der Waals surface area contributed by atoms with Gasteiger partial charge in [-0.3, -0.25) is 4.79 Å². The fourth-order valence-electron chi connectivity index (χ4n) is 1.60. The van der Waals surface area contributed by atoms with Crippen molar-refractivity contribution >= 4 is 24.2 Å². The van der Waals surface area contributed by atoms with Crippen LogP contribution in [0.4, 0.5) is 5.69 Å². The van der Waals surface area contributed by atoms with Crippen LogP contribution < -0.4 is 5.32 Å². The predicted octanol–water partition coefficient (Wildman–Crippen LogP) is 1.95. The van der Waals surface area contributed by atoms with Crippen LogP contribution in [0.2, 0.25) is 0 Å². The number of nitrogens with zero attached hydrogens (tertiary/aromatic N) is 1. The van der Waals surface area contributed by atoms with Gasteiger partial charge in [0.1, 0.15) is 5.50 Å². The Morgan fingerprint density at radius 2 is 2.27 bits per heavy atom. The molecule has 1 unspecified atom stereocenters. The molecule has 0 radical (unpaired) electrons. The molecule has 3 nitrogen and oxygen atoms in total. The SMILES string of the molecule is C=CCN1C(=O)c2ccccc2NC1S. The lowest BCUT2D eigenvalue weighted by Crippen LogP contribution is -2.45. The normalized spacial score (nSPS) is 19.4. The monoisotopic (exact) mass is 220 g/mol. The maximum Gasteiger partial charge on any atom is 0.258 e. The fraction of sp³-hybridized carbons (Fsp3) is 0.182. The van der Waals surface area contributed by atoms with E-state index in [1.165, 1.54) is 0 Å². The summed E-state index contributed by atoms with van der Waals surface area (Å²) in [4.78, 5) is 13.6. The van der Waals surface area contributed by atoms with Gasteiger partial charge in [-0.2, -0.15) is 0 Å². The van der Waals surface area contributed by atoms with E-state index in [1.54, 1.807) is 17.0 Å². The van der Waals surface area contributed by atoms with Crippen molar-refractivity contribution in [3.05, 3.63) is 42.5 Å². The largest absolute Gasteiger partial charge is 0.356 e. The number of carbonyl (C=O) groups excluding carboxylic acids is 1. The van der Waals surface area contributed by atoms with Gasteiger partial charge in [0.05, 0.1) is 5.56 Å². The van der Waals surface area contributed by atoms with Crippen LogP contribution in [0, 0.1) is 0 Å². The van der Waals surface area contributed by atoms with Gasteiger partial charge < -0.3 is 10.2 Å².